The monoisotopic (exact) mass is 459 g/mol. The molecule has 2 aromatic carbocycles. The van der Waals surface area contributed by atoms with Gasteiger partial charge in [-0.1, -0.05) is 65.3 Å². The summed E-state index contributed by atoms with van der Waals surface area (Å²) in [4.78, 5) is 13.6. The van der Waals surface area contributed by atoms with Crippen LogP contribution >= 0.6 is 46.3 Å². The van der Waals surface area contributed by atoms with Gasteiger partial charge in [-0.3, -0.25) is 0 Å². The highest BCUT2D eigenvalue weighted by Gasteiger charge is 2.09. The molecule has 0 saturated heterocycles. The molecule has 0 amide bonds. The van der Waals surface area contributed by atoms with Crippen molar-refractivity contribution in [2.45, 2.75) is 17.5 Å². The second kappa shape index (κ2) is 9.59. The number of nitrogens with zero attached hydrogens (tertiary/aromatic N) is 3. The lowest BCUT2D eigenvalue weighted by atomic mass is 10.2. The first-order chi connectivity index (χ1) is 14.2. The number of thiazole rings is 1. The van der Waals surface area contributed by atoms with Crippen LogP contribution in [-0.2, 0) is 12.4 Å². The van der Waals surface area contributed by atoms with Gasteiger partial charge in [0.1, 0.15) is 23.1 Å². The third kappa shape index (κ3) is 5.70. The summed E-state index contributed by atoms with van der Waals surface area (Å²) in [6.45, 7) is 0.335. The Kier molecular flexibility index (Phi) is 6.67. The summed E-state index contributed by atoms with van der Waals surface area (Å²) in [6, 6.07) is 17.2. The van der Waals surface area contributed by atoms with Crippen molar-refractivity contribution in [3.63, 3.8) is 0 Å². The van der Waals surface area contributed by atoms with Crippen LogP contribution in [0.2, 0.25) is 10.0 Å². The topological polar surface area (TPSA) is 47.9 Å². The van der Waals surface area contributed by atoms with Gasteiger partial charge in [-0.05, 0) is 29.8 Å². The standard InChI is InChI=1S/C21H15Cl2N3OS2/c22-15-8-16(23)10-17(9-15)27-11-20-25-19(13-28-20)18-6-7-24-21(26-18)29-12-14-4-2-1-3-5-14/h1-10,13H,11-12H2. The van der Waals surface area contributed by atoms with Crippen molar-refractivity contribution in [1.29, 1.82) is 0 Å². The van der Waals surface area contributed by atoms with Crippen molar-refractivity contribution >= 4 is 46.3 Å². The summed E-state index contributed by atoms with van der Waals surface area (Å²) in [5, 5.41) is 4.61. The van der Waals surface area contributed by atoms with Crippen molar-refractivity contribution in [1.82, 2.24) is 15.0 Å². The van der Waals surface area contributed by atoms with Gasteiger partial charge in [-0.25, -0.2) is 15.0 Å². The molecule has 0 spiro atoms. The van der Waals surface area contributed by atoms with Gasteiger partial charge in [-0.15, -0.1) is 11.3 Å². The van der Waals surface area contributed by atoms with Gasteiger partial charge in [0.15, 0.2) is 5.16 Å². The predicted octanol–water partition coefficient (Wildman–Crippen LogP) is 6.78. The second-order valence-corrected chi connectivity index (χ2v) is 8.78. The minimum absolute atomic E-state index is 0.335. The molecule has 29 heavy (non-hydrogen) atoms. The normalized spacial score (nSPS) is 10.8. The number of thioether (sulfide) groups is 1. The maximum Gasteiger partial charge on any atom is 0.188 e. The van der Waals surface area contributed by atoms with Crippen molar-refractivity contribution in [2.24, 2.45) is 0 Å². The van der Waals surface area contributed by atoms with Crippen molar-refractivity contribution in [2.75, 3.05) is 0 Å². The van der Waals surface area contributed by atoms with E-state index in [1.807, 2.05) is 29.6 Å². The highest BCUT2D eigenvalue weighted by molar-refractivity contribution is 7.98. The second-order valence-electron chi connectivity index (χ2n) is 6.02. The highest BCUT2D eigenvalue weighted by atomic mass is 35.5. The van der Waals surface area contributed by atoms with Crippen LogP contribution in [0.4, 0.5) is 0 Å². The van der Waals surface area contributed by atoms with Crippen LogP contribution in [0.1, 0.15) is 10.6 Å². The molecule has 4 nitrogen and oxygen atoms in total. The van der Waals surface area contributed by atoms with Crippen LogP contribution in [0.5, 0.6) is 5.75 Å². The Hall–Kier alpha value is -2.12. The highest BCUT2D eigenvalue weighted by Crippen LogP contribution is 2.27. The molecule has 0 bridgehead atoms. The minimum Gasteiger partial charge on any atom is -0.486 e. The van der Waals surface area contributed by atoms with Gasteiger partial charge < -0.3 is 4.74 Å². The molecule has 0 unspecified atom stereocenters. The molecule has 0 atom stereocenters. The molecule has 146 valence electrons. The molecular formula is C21H15Cl2N3OS2. The van der Waals surface area contributed by atoms with Crippen molar-refractivity contribution < 1.29 is 4.74 Å². The quantitative estimate of drug-likeness (QED) is 0.225. The zero-order valence-corrected chi connectivity index (χ0v) is 18.2. The fourth-order valence-electron chi connectivity index (χ4n) is 2.53. The molecule has 0 aliphatic rings. The fraction of sp³-hybridized carbons (Fsp3) is 0.0952. The maximum atomic E-state index is 6.00. The molecule has 2 heterocycles. The summed E-state index contributed by atoms with van der Waals surface area (Å²) < 4.78 is 5.76. The molecule has 0 radical (unpaired) electrons. The fourth-order valence-corrected chi connectivity index (χ4v) is 4.52. The Labute approximate surface area is 186 Å². The number of benzene rings is 2. The first-order valence-corrected chi connectivity index (χ1v) is 11.3. The van der Waals surface area contributed by atoms with E-state index in [4.69, 9.17) is 27.9 Å². The average Bonchev–Trinajstić information content (AvgIpc) is 3.20. The molecular weight excluding hydrogens is 445 g/mol. The number of ether oxygens (including phenoxy) is 1. The summed E-state index contributed by atoms with van der Waals surface area (Å²) in [7, 11) is 0. The first kappa shape index (κ1) is 20.2. The Morgan fingerprint density at radius 2 is 1.72 bits per heavy atom. The van der Waals surface area contributed by atoms with Gasteiger partial charge in [0, 0.05) is 27.4 Å². The molecule has 0 aliphatic carbocycles. The van der Waals surface area contributed by atoms with Crippen LogP contribution in [0.25, 0.3) is 11.4 Å². The van der Waals surface area contributed by atoms with E-state index in [2.05, 4.69) is 27.1 Å². The molecule has 0 fully saturated rings. The van der Waals surface area contributed by atoms with Gasteiger partial charge >= 0.3 is 0 Å². The van der Waals surface area contributed by atoms with E-state index in [-0.39, 0.29) is 0 Å². The number of aromatic nitrogens is 3. The molecule has 0 saturated carbocycles. The third-order valence-electron chi connectivity index (χ3n) is 3.86. The number of rotatable bonds is 7. The Bertz CT molecular complexity index is 1090. The summed E-state index contributed by atoms with van der Waals surface area (Å²) in [5.74, 6) is 1.43. The van der Waals surface area contributed by atoms with Crippen LogP contribution < -0.4 is 4.74 Å². The molecule has 8 heteroatoms. The van der Waals surface area contributed by atoms with E-state index in [0.717, 1.165) is 27.3 Å². The lowest BCUT2D eigenvalue weighted by Gasteiger charge is -2.05. The predicted molar refractivity (Wildman–Crippen MR) is 120 cm³/mol. The van der Waals surface area contributed by atoms with Crippen LogP contribution in [0, 0.1) is 0 Å². The molecule has 0 N–H and O–H groups in total. The Morgan fingerprint density at radius 1 is 0.931 bits per heavy atom. The van der Waals surface area contributed by atoms with Crippen LogP contribution in [0.15, 0.2) is 71.3 Å². The third-order valence-corrected chi connectivity index (χ3v) is 6.05. The van der Waals surface area contributed by atoms with Crippen molar-refractivity contribution in [3.05, 3.63) is 86.8 Å². The zero-order chi connectivity index (χ0) is 20.1. The van der Waals surface area contributed by atoms with Crippen molar-refractivity contribution in [3.8, 4) is 17.1 Å². The Morgan fingerprint density at radius 3 is 2.52 bits per heavy atom. The zero-order valence-electron chi connectivity index (χ0n) is 15.1. The van der Waals surface area contributed by atoms with E-state index in [1.165, 1.54) is 16.9 Å². The maximum absolute atomic E-state index is 6.00. The van der Waals surface area contributed by atoms with Gasteiger partial charge in [0.05, 0.1) is 5.69 Å². The minimum atomic E-state index is 0.335. The van der Waals surface area contributed by atoms with Crippen LogP contribution in [-0.4, -0.2) is 15.0 Å². The van der Waals surface area contributed by atoms with E-state index in [1.54, 1.807) is 36.2 Å². The Balaban J connectivity index is 1.41. The summed E-state index contributed by atoms with van der Waals surface area (Å²) >= 11 is 15.1. The number of halogens is 2. The molecule has 4 aromatic rings. The van der Waals surface area contributed by atoms with Gasteiger partial charge in [0.25, 0.3) is 0 Å². The van der Waals surface area contributed by atoms with E-state index < -0.39 is 0 Å². The molecule has 2 aromatic heterocycles. The molecule has 4 rings (SSSR count). The van der Waals surface area contributed by atoms with E-state index >= 15 is 0 Å². The smallest absolute Gasteiger partial charge is 0.188 e. The van der Waals surface area contributed by atoms with E-state index in [0.29, 0.717) is 22.4 Å². The molecule has 0 aliphatic heterocycles. The van der Waals surface area contributed by atoms with Gasteiger partial charge in [0.2, 0.25) is 0 Å². The average molecular weight is 460 g/mol. The lowest BCUT2D eigenvalue weighted by Crippen LogP contribution is -1.95. The SMILES string of the molecule is Clc1cc(Cl)cc(OCc2nc(-c3ccnc(SCc4ccccc4)n3)cs2)c1. The van der Waals surface area contributed by atoms with Crippen LogP contribution in [0.3, 0.4) is 0 Å². The largest absolute Gasteiger partial charge is 0.486 e. The summed E-state index contributed by atoms with van der Waals surface area (Å²) in [5.41, 5.74) is 2.84. The number of hydrogen-bond donors (Lipinski definition) is 0. The lowest BCUT2D eigenvalue weighted by molar-refractivity contribution is 0.305. The summed E-state index contributed by atoms with van der Waals surface area (Å²) in [6.07, 6.45) is 1.76. The van der Waals surface area contributed by atoms with Gasteiger partial charge in [-0.2, -0.15) is 0 Å². The first-order valence-electron chi connectivity index (χ1n) is 8.69. The number of hydrogen-bond acceptors (Lipinski definition) is 6. The van der Waals surface area contributed by atoms with E-state index in [9.17, 15) is 0 Å².